The van der Waals surface area contributed by atoms with Crippen molar-refractivity contribution in [2.24, 2.45) is 5.92 Å². The minimum Gasteiger partial charge on any atom is -0.497 e. The number of ether oxygens (including phenoxy) is 2. The lowest BCUT2D eigenvalue weighted by molar-refractivity contribution is -0.00780. The summed E-state index contributed by atoms with van der Waals surface area (Å²) in [7, 11) is 1.81. The van der Waals surface area contributed by atoms with Crippen LogP contribution in [0.1, 0.15) is 80.7 Å². The van der Waals surface area contributed by atoms with Crippen LogP contribution in [0.3, 0.4) is 0 Å². The van der Waals surface area contributed by atoms with E-state index in [2.05, 4.69) is 0 Å². The van der Waals surface area contributed by atoms with E-state index in [0.717, 1.165) is 61.2 Å². The lowest BCUT2D eigenvalue weighted by atomic mass is 9.86. The molecule has 27 heavy (non-hydrogen) atoms. The fourth-order valence-corrected chi connectivity index (χ4v) is 5.18. The van der Waals surface area contributed by atoms with Crippen molar-refractivity contribution >= 4 is 5.57 Å². The molecule has 0 aliphatic heterocycles. The van der Waals surface area contributed by atoms with Crippen molar-refractivity contribution < 1.29 is 13.9 Å². The predicted molar refractivity (Wildman–Crippen MR) is 106 cm³/mol. The second-order valence-corrected chi connectivity index (χ2v) is 8.39. The maximum absolute atomic E-state index is 12.6. The monoisotopic (exact) mass is 372 g/mol. The van der Waals surface area contributed by atoms with Crippen molar-refractivity contribution in [1.82, 2.24) is 0 Å². The van der Waals surface area contributed by atoms with Crippen LogP contribution in [-0.2, 0) is 28.7 Å². The van der Waals surface area contributed by atoms with Crippen molar-refractivity contribution in [3.63, 3.8) is 0 Å². The lowest BCUT2D eigenvalue weighted by Gasteiger charge is -2.31. The van der Waals surface area contributed by atoms with Gasteiger partial charge in [0.25, 0.3) is 0 Å². The molecule has 0 amide bonds. The summed E-state index contributed by atoms with van der Waals surface area (Å²) in [6.45, 7) is 2.75. The summed E-state index contributed by atoms with van der Waals surface area (Å²) in [5.74, 6) is 2.25. The van der Waals surface area contributed by atoms with Gasteiger partial charge in [0.1, 0.15) is 11.5 Å². The van der Waals surface area contributed by atoms with Gasteiger partial charge in [0.2, 0.25) is 0 Å². The summed E-state index contributed by atoms with van der Waals surface area (Å²) in [6.07, 6.45) is 12.3. The van der Waals surface area contributed by atoms with Crippen LogP contribution >= 0.6 is 0 Å². The summed E-state index contributed by atoms with van der Waals surface area (Å²) < 4.78 is 17.7. The van der Waals surface area contributed by atoms with Gasteiger partial charge in [-0.2, -0.15) is 0 Å². The Morgan fingerprint density at radius 1 is 0.926 bits per heavy atom. The van der Waals surface area contributed by atoms with Crippen LogP contribution in [0.5, 0.6) is 0 Å². The molecule has 4 heteroatoms. The van der Waals surface area contributed by atoms with Gasteiger partial charge in [0.15, 0.2) is 0 Å². The van der Waals surface area contributed by atoms with Crippen LogP contribution in [0.4, 0.5) is 0 Å². The Bertz CT molecular complexity index is 773. The first kappa shape index (κ1) is 18.8. The van der Waals surface area contributed by atoms with Crippen LogP contribution < -0.4 is 5.63 Å². The van der Waals surface area contributed by atoms with Crippen LogP contribution in [0.2, 0.25) is 0 Å². The third-order valence-corrected chi connectivity index (χ3v) is 6.77. The standard InChI is InChI=1S/C23H32O4/c1-15-20(26-14-16-8-6-7-11-21(16)25-2)13-12-18-17-9-4-3-5-10-19(17)23(24)27-22(15)18/h16,21H,3-14H2,1-2H3. The number of hydrogen-bond acceptors (Lipinski definition) is 4. The van der Waals surface area contributed by atoms with E-state index in [1.54, 1.807) is 0 Å². The number of fused-ring (bicyclic) bond motifs is 3. The molecule has 2 unspecified atom stereocenters. The van der Waals surface area contributed by atoms with Crippen LogP contribution in [0, 0.1) is 5.92 Å². The van der Waals surface area contributed by atoms with E-state index in [-0.39, 0.29) is 5.63 Å². The highest BCUT2D eigenvalue weighted by molar-refractivity contribution is 5.67. The minimum atomic E-state index is -0.127. The van der Waals surface area contributed by atoms with Gasteiger partial charge < -0.3 is 13.9 Å². The molecule has 0 spiro atoms. The first-order chi connectivity index (χ1) is 13.2. The molecule has 4 rings (SSSR count). The molecule has 1 heterocycles. The number of hydrogen-bond donors (Lipinski definition) is 0. The van der Waals surface area contributed by atoms with Gasteiger partial charge in [-0.25, -0.2) is 4.79 Å². The molecule has 2 atom stereocenters. The minimum absolute atomic E-state index is 0.127. The average Bonchev–Trinajstić information content (AvgIpc) is 2.95. The highest BCUT2D eigenvalue weighted by Crippen LogP contribution is 2.36. The van der Waals surface area contributed by atoms with Gasteiger partial charge in [0.05, 0.1) is 12.7 Å². The molecule has 3 aliphatic carbocycles. The quantitative estimate of drug-likeness (QED) is 0.712. The summed E-state index contributed by atoms with van der Waals surface area (Å²) in [6, 6.07) is 0. The highest BCUT2D eigenvalue weighted by atomic mass is 16.5. The molecule has 4 nitrogen and oxygen atoms in total. The average molecular weight is 373 g/mol. The molecule has 0 bridgehead atoms. The molecule has 1 aromatic rings. The summed E-state index contributed by atoms with van der Waals surface area (Å²) in [4.78, 5) is 12.6. The molecule has 0 N–H and O–H groups in total. The van der Waals surface area contributed by atoms with E-state index in [9.17, 15) is 4.79 Å². The first-order valence-corrected chi connectivity index (χ1v) is 10.7. The lowest BCUT2D eigenvalue weighted by Crippen LogP contribution is -2.30. The van der Waals surface area contributed by atoms with Gasteiger partial charge in [0, 0.05) is 30.6 Å². The van der Waals surface area contributed by atoms with Crippen molar-refractivity contribution in [1.29, 1.82) is 0 Å². The second-order valence-electron chi connectivity index (χ2n) is 8.39. The Hall–Kier alpha value is -1.55. The molecule has 148 valence electrons. The number of methoxy groups -OCH3 is 1. The van der Waals surface area contributed by atoms with E-state index >= 15 is 0 Å². The van der Waals surface area contributed by atoms with Crippen LogP contribution in [0.25, 0.3) is 5.57 Å². The summed E-state index contributed by atoms with van der Waals surface area (Å²) >= 11 is 0. The highest BCUT2D eigenvalue weighted by Gasteiger charge is 2.29. The zero-order valence-electron chi connectivity index (χ0n) is 16.8. The van der Waals surface area contributed by atoms with Gasteiger partial charge >= 0.3 is 5.63 Å². The topological polar surface area (TPSA) is 48.7 Å². The third kappa shape index (κ3) is 3.73. The SMILES string of the molecule is COC1CCCCC1COC1=C(C)c2oc(=O)c3c(c2CC1)CCCCC3. The first-order valence-electron chi connectivity index (χ1n) is 10.7. The molecule has 0 saturated heterocycles. The van der Waals surface area contributed by atoms with E-state index in [0.29, 0.717) is 18.6 Å². The predicted octanol–water partition coefficient (Wildman–Crippen LogP) is 4.81. The molecule has 1 fully saturated rings. The van der Waals surface area contributed by atoms with E-state index < -0.39 is 0 Å². The zero-order chi connectivity index (χ0) is 18.8. The summed E-state index contributed by atoms with van der Waals surface area (Å²) in [5, 5.41) is 0. The van der Waals surface area contributed by atoms with Crippen LogP contribution in [-0.4, -0.2) is 19.8 Å². The second kappa shape index (κ2) is 8.22. The molecule has 3 aliphatic rings. The molecule has 0 aromatic carbocycles. The zero-order valence-corrected chi connectivity index (χ0v) is 16.8. The van der Waals surface area contributed by atoms with Gasteiger partial charge in [-0.05, 0) is 63.0 Å². The normalized spacial score (nSPS) is 25.6. The fraction of sp³-hybridized carbons (Fsp3) is 0.696. The third-order valence-electron chi connectivity index (χ3n) is 6.77. The van der Waals surface area contributed by atoms with Gasteiger partial charge in [-0.1, -0.05) is 19.3 Å². The van der Waals surface area contributed by atoms with Crippen molar-refractivity contribution in [3.8, 4) is 0 Å². The number of allylic oxidation sites excluding steroid dienone is 2. The van der Waals surface area contributed by atoms with E-state index in [1.807, 2.05) is 14.0 Å². The van der Waals surface area contributed by atoms with E-state index in [4.69, 9.17) is 13.9 Å². The maximum atomic E-state index is 12.6. The Kier molecular flexibility index (Phi) is 5.72. The Balaban J connectivity index is 1.57. The van der Waals surface area contributed by atoms with Crippen molar-refractivity contribution in [3.05, 3.63) is 38.6 Å². The van der Waals surface area contributed by atoms with Gasteiger partial charge in [-0.15, -0.1) is 0 Å². The molecular formula is C23H32O4. The Labute approximate surface area is 161 Å². The Morgan fingerprint density at radius 2 is 1.70 bits per heavy atom. The fourth-order valence-electron chi connectivity index (χ4n) is 5.18. The number of rotatable bonds is 4. The Morgan fingerprint density at radius 3 is 2.52 bits per heavy atom. The smallest absolute Gasteiger partial charge is 0.339 e. The molecule has 1 saturated carbocycles. The van der Waals surface area contributed by atoms with Crippen molar-refractivity contribution in [2.75, 3.05) is 13.7 Å². The molecule has 1 aromatic heterocycles. The molecule has 0 radical (unpaired) electrons. The van der Waals surface area contributed by atoms with Gasteiger partial charge in [-0.3, -0.25) is 0 Å². The summed E-state index contributed by atoms with van der Waals surface area (Å²) in [5.41, 5.74) is 4.38. The van der Waals surface area contributed by atoms with Crippen molar-refractivity contribution in [2.45, 2.75) is 83.7 Å². The largest absolute Gasteiger partial charge is 0.497 e. The van der Waals surface area contributed by atoms with Crippen LogP contribution in [0.15, 0.2) is 15.0 Å². The molecular weight excluding hydrogens is 340 g/mol. The maximum Gasteiger partial charge on any atom is 0.339 e. The van der Waals surface area contributed by atoms with E-state index in [1.165, 1.54) is 43.2 Å².